The van der Waals surface area contributed by atoms with Crippen molar-refractivity contribution in [1.82, 2.24) is 24.5 Å². The second kappa shape index (κ2) is 8.65. The van der Waals surface area contributed by atoms with Crippen molar-refractivity contribution in [3.8, 4) is 17.1 Å². The summed E-state index contributed by atoms with van der Waals surface area (Å²) < 4.78 is 3.09. The zero-order valence-corrected chi connectivity index (χ0v) is 18.5. The van der Waals surface area contributed by atoms with Crippen LogP contribution in [0.15, 0.2) is 67.0 Å². The van der Waals surface area contributed by atoms with E-state index in [4.69, 9.17) is 5.10 Å². The summed E-state index contributed by atoms with van der Waals surface area (Å²) >= 11 is 0. The quantitative estimate of drug-likeness (QED) is 0.354. The number of aromatic nitrogens is 5. The number of carbonyl (C=O) groups is 1. The molecule has 4 rings (SSSR count). The molecule has 0 aliphatic heterocycles. The van der Waals surface area contributed by atoms with Gasteiger partial charge in [0.1, 0.15) is 18.7 Å². The number of nitro benzene ring substituents is 1. The standard InChI is InChI=1S/C23H23N7O3/c1-23(2,3)19-13-20(29(26-19)17-9-5-4-6-10-17)25-21(31)14-28-15-24-22(27-28)16-8-7-11-18(12-16)30(32)33/h4-13,15H,14H2,1-3H3,(H,25,31). The van der Waals surface area contributed by atoms with Gasteiger partial charge in [-0.1, -0.05) is 51.1 Å². The molecule has 10 heteroatoms. The molecular formula is C23H23N7O3. The molecule has 2 heterocycles. The average Bonchev–Trinajstić information content (AvgIpc) is 3.41. The van der Waals surface area contributed by atoms with Crippen LogP contribution in [0.2, 0.25) is 0 Å². The highest BCUT2D eigenvalue weighted by Gasteiger charge is 2.21. The fourth-order valence-electron chi connectivity index (χ4n) is 3.19. The fraction of sp³-hybridized carbons (Fsp3) is 0.217. The number of nitrogens with zero attached hydrogens (tertiary/aromatic N) is 6. The van der Waals surface area contributed by atoms with Gasteiger partial charge in [0, 0.05) is 29.2 Å². The number of nitro groups is 1. The van der Waals surface area contributed by atoms with E-state index in [0.717, 1.165) is 11.4 Å². The van der Waals surface area contributed by atoms with Crippen LogP contribution >= 0.6 is 0 Å². The minimum absolute atomic E-state index is 0.0505. The molecule has 0 fully saturated rings. The van der Waals surface area contributed by atoms with Crippen LogP contribution in [0.25, 0.3) is 17.1 Å². The van der Waals surface area contributed by atoms with Crippen molar-refractivity contribution in [3.63, 3.8) is 0 Å². The number of anilines is 1. The highest BCUT2D eigenvalue weighted by atomic mass is 16.6. The zero-order valence-electron chi connectivity index (χ0n) is 18.5. The number of rotatable bonds is 6. The predicted octanol–water partition coefficient (Wildman–Crippen LogP) is 3.98. The van der Waals surface area contributed by atoms with E-state index in [2.05, 4.69) is 36.2 Å². The van der Waals surface area contributed by atoms with Crippen LogP contribution in [0, 0.1) is 10.1 Å². The summed E-state index contributed by atoms with van der Waals surface area (Å²) in [6.07, 6.45) is 1.42. The number of amides is 1. The number of benzene rings is 2. The molecule has 1 N–H and O–H groups in total. The van der Waals surface area contributed by atoms with Crippen LogP contribution in [-0.2, 0) is 16.8 Å². The highest BCUT2D eigenvalue weighted by molar-refractivity contribution is 5.90. The lowest BCUT2D eigenvalue weighted by Gasteiger charge is -2.14. The largest absolute Gasteiger partial charge is 0.309 e. The molecule has 0 radical (unpaired) electrons. The van der Waals surface area contributed by atoms with E-state index in [9.17, 15) is 14.9 Å². The summed E-state index contributed by atoms with van der Waals surface area (Å²) in [7, 11) is 0. The first-order valence-electron chi connectivity index (χ1n) is 10.3. The molecule has 0 aliphatic carbocycles. The van der Waals surface area contributed by atoms with Crippen LogP contribution in [0.4, 0.5) is 11.5 Å². The summed E-state index contributed by atoms with van der Waals surface area (Å²) in [6.45, 7) is 6.09. The van der Waals surface area contributed by atoms with Gasteiger partial charge in [-0.05, 0) is 12.1 Å². The molecule has 0 unspecified atom stereocenters. The monoisotopic (exact) mass is 445 g/mol. The van der Waals surface area contributed by atoms with Gasteiger partial charge in [-0.15, -0.1) is 0 Å². The number of carbonyl (C=O) groups excluding carboxylic acids is 1. The van der Waals surface area contributed by atoms with E-state index in [-0.39, 0.29) is 23.6 Å². The normalized spacial score (nSPS) is 11.4. The Labute approximate surface area is 190 Å². The third-order valence-electron chi connectivity index (χ3n) is 4.90. The molecule has 33 heavy (non-hydrogen) atoms. The molecule has 0 bridgehead atoms. The van der Waals surface area contributed by atoms with Crippen molar-refractivity contribution in [3.05, 3.63) is 82.8 Å². The van der Waals surface area contributed by atoms with Crippen LogP contribution in [0.5, 0.6) is 0 Å². The Bertz CT molecular complexity index is 1300. The Morgan fingerprint density at radius 2 is 1.82 bits per heavy atom. The van der Waals surface area contributed by atoms with Gasteiger partial charge in [-0.25, -0.2) is 14.3 Å². The summed E-state index contributed by atoms with van der Waals surface area (Å²) in [5.74, 6) is 0.550. The Morgan fingerprint density at radius 1 is 1.06 bits per heavy atom. The molecule has 168 valence electrons. The third kappa shape index (κ3) is 4.95. The van der Waals surface area contributed by atoms with E-state index < -0.39 is 4.92 Å². The predicted molar refractivity (Wildman–Crippen MR) is 123 cm³/mol. The second-order valence-corrected chi connectivity index (χ2v) is 8.53. The Hall–Kier alpha value is -4.34. The summed E-state index contributed by atoms with van der Waals surface area (Å²) in [5.41, 5.74) is 1.93. The van der Waals surface area contributed by atoms with E-state index in [1.54, 1.807) is 16.8 Å². The summed E-state index contributed by atoms with van der Waals surface area (Å²) in [5, 5.41) is 22.9. The van der Waals surface area contributed by atoms with Crippen LogP contribution in [0.1, 0.15) is 26.5 Å². The Kier molecular flexibility index (Phi) is 5.74. The first-order valence-corrected chi connectivity index (χ1v) is 10.3. The van der Waals surface area contributed by atoms with Gasteiger partial charge in [0.05, 0.1) is 16.3 Å². The van der Waals surface area contributed by atoms with Crippen molar-refractivity contribution in [2.24, 2.45) is 0 Å². The van der Waals surface area contributed by atoms with Crippen molar-refractivity contribution >= 4 is 17.4 Å². The van der Waals surface area contributed by atoms with E-state index in [0.29, 0.717) is 17.2 Å². The minimum Gasteiger partial charge on any atom is -0.309 e. The Balaban J connectivity index is 1.54. The summed E-state index contributed by atoms with van der Waals surface area (Å²) in [6, 6.07) is 17.5. The molecule has 1 amide bonds. The average molecular weight is 445 g/mol. The number of non-ortho nitro benzene ring substituents is 1. The summed E-state index contributed by atoms with van der Waals surface area (Å²) in [4.78, 5) is 27.5. The van der Waals surface area contributed by atoms with E-state index in [1.807, 2.05) is 36.4 Å². The highest BCUT2D eigenvalue weighted by Crippen LogP contribution is 2.26. The lowest BCUT2D eigenvalue weighted by molar-refractivity contribution is -0.384. The van der Waals surface area contributed by atoms with E-state index >= 15 is 0 Å². The van der Waals surface area contributed by atoms with Crippen LogP contribution in [0.3, 0.4) is 0 Å². The van der Waals surface area contributed by atoms with Crippen molar-refractivity contribution in [2.45, 2.75) is 32.7 Å². The molecule has 0 atom stereocenters. The molecule has 10 nitrogen and oxygen atoms in total. The number of hydrogen-bond donors (Lipinski definition) is 1. The lowest BCUT2D eigenvalue weighted by Crippen LogP contribution is -2.20. The lowest BCUT2D eigenvalue weighted by atomic mass is 9.92. The van der Waals surface area contributed by atoms with Gasteiger partial charge in [-0.3, -0.25) is 14.9 Å². The van der Waals surface area contributed by atoms with Gasteiger partial charge >= 0.3 is 0 Å². The molecule has 0 saturated heterocycles. The van der Waals surface area contributed by atoms with Crippen LogP contribution < -0.4 is 5.32 Å². The van der Waals surface area contributed by atoms with Gasteiger partial charge in [0.15, 0.2) is 5.82 Å². The first kappa shape index (κ1) is 21.9. The zero-order chi connectivity index (χ0) is 23.6. The van der Waals surface area contributed by atoms with Gasteiger partial charge < -0.3 is 5.32 Å². The fourth-order valence-corrected chi connectivity index (χ4v) is 3.19. The van der Waals surface area contributed by atoms with Crippen molar-refractivity contribution in [2.75, 3.05) is 5.32 Å². The van der Waals surface area contributed by atoms with Crippen LogP contribution in [-0.4, -0.2) is 35.4 Å². The molecule has 0 spiro atoms. The maximum atomic E-state index is 12.8. The smallest absolute Gasteiger partial charge is 0.270 e. The van der Waals surface area contributed by atoms with Gasteiger partial charge in [0.2, 0.25) is 5.91 Å². The SMILES string of the molecule is CC(C)(C)c1cc(NC(=O)Cn2cnc(-c3cccc([N+](=O)[O-])c3)n2)n(-c2ccccc2)n1. The van der Waals surface area contributed by atoms with Crippen molar-refractivity contribution in [1.29, 1.82) is 0 Å². The first-order chi connectivity index (χ1) is 15.7. The number of para-hydroxylation sites is 1. The molecule has 0 aliphatic rings. The van der Waals surface area contributed by atoms with Crippen molar-refractivity contribution < 1.29 is 9.72 Å². The molecule has 0 saturated carbocycles. The molecule has 2 aromatic heterocycles. The Morgan fingerprint density at radius 3 is 2.52 bits per heavy atom. The van der Waals surface area contributed by atoms with E-state index in [1.165, 1.54) is 23.1 Å². The van der Waals surface area contributed by atoms with Gasteiger partial charge in [0.25, 0.3) is 5.69 Å². The number of hydrogen-bond acceptors (Lipinski definition) is 6. The van der Waals surface area contributed by atoms with Gasteiger partial charge in [-0.2, -0.15) is 10.2 Å². The number of nitrogens with one attached hydrogen (secondary N) is 1. The maximum absolute atomic E-state index is 12.8. The molecule has 2 aromatic carbocycles. The second-order valence-electron chi connectivity index (χ2n) is 8.53. The minimum atomic E-state index is -0.477. The maximum Gasteiger partial charge on any atom is 0.270 e. The third-order valence-corrected chi connectivity index (χ3v) is 4.90. The molecule has 4 aromatic rings. The molecular weight excluding hydrogens is 422 g/mol. The topological polar surface area (TPSA) is 121 Å².